The second-order valence-corrected chi connectivity index (χ2v) is 9.31. The van der Waals surface area contributed by atoms with Crippen molar-refractivity contribution < 1.29 is 9.90 Å². The van der Waals surface area contributed by atoms with Crippen molar-refractivity contribution in [2.24, 2.45) is 34.5 Å². The molecular weight excluding hydrogens is 286 g/mol. The number of carbonyl (C=O) groups is 1. The van der Waals surface area contributed by atoms with Crippen LogP contribution in [0.25, 0.3) is 0 Å². The molecule has 0 aromatic carbocycles. The largest absolute Gasteiger partial charge is 0.389 e. The third-order valence-corrected chi connectivity index (χ3v) is 8.65. The number of fused-ring (bicyclic) bond motifs is 5. The van der Waals surface area contributed by atoms with E-state index >= 15 is 0 Å². The Morgan fingerprint density at radius 2 is 1.91 bits per heavy atom. The average Bonchev–Trinajstić information content (AvgIpc) is 2.86. The molecule has 4 rings (SSSR count). The van der Waals surface area contributed by atoms with E-state index in [1.54, 1.807) is 0 Å². The summed E-state index contributed by atoms with van der Waals surface area (Å²) in [6.07, 6.45) is 10.4. The van der Waals surface area contributed by atoms with Gasteiger partial charge in [0.2, 0.25) is 0 Å². The highest BCUT2D eigenvalue weighted by Crippen LogP contribution is 2.67. The van der Waals surface area contributed by atoms with Gasteiger partial charge >= 0.3 is 0 Å². The summed E-state index contributed by atoms with van der Waals surface area (Å²) in [7, 11) is 0. The SMILES string of the molecule is C[C@@H]1C[C@@]2(O)CCCC[C@]2(C)[C@H]2CC[C@]3(C=N)C(=O)CC[C@H]3[C@H]12. The summed E-state index contributed by atoms with van der Waals surface area (Å²) in [5.74, 6) is 2.18. The maximum absolute atomic E-state index is 12.6. The van der Waals surface area contributed by atoms with Gasteiger partial charge in [-0.05, 0) is 67.6 Å². The van der Waals surface area contributed by atoms with Crippen LogP contribution >= 0.6 is 0 Å². The zero-order valence-corrected chi connectivity index (χ0v) is 14.6. The van der Waals surface area contributed by atoms with Gasteiger partial charge in [-0.3, -0.25) is 4.79 Å². The maximum atomic E-state index is 12.6. The summed E-state index contributed by atoms with van der Waals surface area (Å²) in [6, 6.07) is 0. The summed E-state index contributed by atoms with van der Waals surface area (Å²) < 4.78 is 0. The number of nitrogens with one attached hydrogen (secondary N) is 1. The molecule has 3 heteroatoms. The van der Waals surface area contributed by atoms with E-state index in [4.69, 9.17) is 5.41 Å². The van der Waals surface area contributed by atoms with Gasteiger partial charge in [-0.25, -0.2) is 0 Å². The van der Waals surface area contributed by atoms with Crippen molar-refractivity contribution in [2.45, 2.75) is 77.2 Å². The lowest BCUT2D eigenvalue weighted by Gasteiger charge is -2.64. The Morgan fingerprint density at radius 1 is 1.17 bits per heavy atom. The van der Waals surface area contributed by atoms with Gasteiger partial charge in [-0.1, -0.05) is 26.7 Å². The number of rotatable bonds is 1. The van der Waals surface area contributed by atoms with E-state index in [2.05, 4.69) is 13.8 Å². The van der Waals surface area contributed by atoms with Gasteiger partial charge in [0.15, 0.2) is 0 Å². The summed E-state index contributed by atoms with van der Waals surface area (Å²) in [5.41, 5.74) is -0.947. The Balaban J connectivity index is 1.76. The van der Waals surface area contributed by atoms with Crippen LogP contribution in [0.1, 0.15) is 71.6 Å². The molecule has 7 atom stereocenters. The molecule has 0 amide bonds. The highest BCUT2D eigenvalue weighted by atomic mass is 16.3. The summed E-state index contributed by atoms with van der Waals surface area (Å²) in [6.45, 7) is 4.64. The van der Waals surface area contributed by atoms with E-state index in [9.17, 15) is 9.90 Å². The smallest absolute Gasteiger partial charge is 0.144 e. The molecule has 23 heavy (non-hydrogen) atoms. The molecule has 0 unspecified atom stereocenters. The Morgan fingerprint density at radius 3 is 2.65 bits per heavy atom. The van der Waals surface area contributed by atoms with Crippen LogP contribution in [-0.2, 0) is 4.79 Å². The first-order valence-electron chi connectivity index (χ1n) is 9.65. The van der Waals surface area contributed by atoms with Gasteiger partial charge in [0.1, 0.15) is 5.78 Å². The van der Waals surface area contributed by atoms with Crippen LogP contribution in [0.15, 0.2) is 0 Å². The van der Waals surface area contributed by atoms with Crippen molar-refractivity contribution in [1.29, 1.82) is 5.41 Å². The van der Waals surface area contributed by atoms with Crippen LogP contribution in [0, 0.1) is 39.9 Å². The number of ketones is 1. The topological polar surface area (TPSA) is 61.1 Å². The molecule has 4 aliphatic carbocycles. The monoisotopic (exact) mass is 317 g/mol. The minimum absolute atomic E-state index is 0.0161. The normalized spacial score (nSPS) is 55.7. The van der Waals surface area contributed by atoms with Crippen LogP contribution in [0.2, 0.25) is 0 Å². The van der Waals surface area contributed by atoms with E-state index in [0.29, 0.717) is 35.9 Å². The highest BCUT2D eigenvalue weighted by Gasteiger charge is 2.66. The molecule has 0 radical (unpaired) electrons. The lowest BCUT2D eigenvalue weighted by molar-refractivity contribution is -0.215. The van der Waals surface area contributed by atoms with Crippen molar-refractivity contribution in [2.75, 3.05) is 0 Å². The fourth-order valence-electron chi connectivity index (χ4n) is 7.47. The van der Waals surface area contributed by atoms with Gasteiger partial charge in [0.25, 0.3) is 0 Å². The number of aliphatic hydroxyl groups is 1. The second-order valence-electron chi connectivity index (χ2n) is 9.31. The molecule has 0 heterocycles. The van der Waals surface area contributed by atoms with Crippen LogP contribution in [-0.4, -0.2) is 22.7 Å². The molecule has 0 bridgehead atoms. The summed E-state index contributed by atoms with van der Waals surface area (Å²) >= 11 is 0. The van der Waals surface area contributed by atoms with Crippen molar-refractivity contribution in [1.82, 2.24) is 0 Å². The number of Topliss-reactive ketones (excluding diaryl/α,β-unsaturated/α-hetero) is 1. The molecule has 4 fully saturated rings. The zero-order valence-electron chi connectivity index (χ0n) is 14.6. The van der Waals surface area contributed by atoms with Crippen LogP contribution < -0.4 is 0 Å². The van der Waals surface area contributed by atoms with E-state index in [0.717, 1.165) is 44.9 Å². The van der Waals surface area contributed by atoms with Crippen molar-refractivity contribution in [3.8, 4) is 0 Å². The van der Waals surface area contributed by atoms with E-state index in [1.807, 2.05) is 0 Å². The Bertz CT molecular complexity index is 546. The first-order valence-corrected chi connectivity index (χ1v) is 9.65. The molecule has 4 saturated carbocycles. The molecule has 0 aliphatic heterocycles. The van der Waals surface area contributed by atoms with E-state index in [1.165, 1.54) is 12.6 Å². The molecule has 4 aliphatic rings. The second kappa shape index (κ2) is 4.91. The molecular formula is C20H31NO2. The first-order chi connectivity index (χ1) is 10.9. The van der Waals surface area contributed by atoms with Crippen LogP contribution in [0.3, 0.4) is 0 Å². The fraction of sp³-hybridized carbons (Fsp3) is 0.900. The van der Waals surface area contributed by atoms with Gasteiger partial charge < -0.3 is 10.5 Å². The number of hydrogen-bond acceptors (Lipinski definition) is 3. The Hall–Kier alpha value is -0.700. The minimum Gasteiger partial charge on any atom is -0.389 e. The van der Waals surface area contributed by atoms with Gasteiger partial charge in [0, 0.05) is 12.6 Å². The average molecular weight is 317 g/mol. The number of carbonyl (C=O) groups excluding carboxylic acids is 1. The number of hydrogen-bond donors (Lipinski definition) is 2. The van der Waals surface area contributed by atoms with Gasteiger partial charge in [-0.2, -0.15) is 0 Å². The lowest BCUT2D eigenvalue weighted by atomic mass is 9.41. The molecule has 0 aromatic rings. The molecule has 0 aromatic heterocycles. The molecule has 0 spiro atoms. The van der Waals surface area contributed by atoms with Crippen molar-refractivity contribution >= 4 is 12.0 Å². The molecule has 3 nitrogen and oxygen atoms in total. The quantitative estimate of drug-likeness (QED) is 0.719. The van der Waals surface area contributed by atoms with Gasteiger partial charge in [-0.15, -0.1) is 0 Å². The minimum atomic E-state index is -0.501. The van der Waals surface area contributed by atoms with Gasteiger partial charge in [0.05, 0.1) is 11.0 Å². The Kier molecular flexibility index (Phi) is 3.37. The zero-order chi connectivity index (χ0) is 16.5. The third-order valence-electron chi connectivity index (χ3n) is 8.65. The fourth-order valence-corrected chi connectivity index (χ4v) is 7.47. The van der Waals surface area contributed by atoms with Crippen LogP contribution in [0.4, 0.5) is 0 Å². The van der Waals surface area contributed by atoms with E-state index < -0.39 is 11.0 Å². The van der Waals surface area contributed by atoms with E-state index in [-0.39, 0.29) is 5.41 Å². The standard InChI is InChI=1S/C20H31NO2/c1-13-11-20(23)9-4-3-8-18(20,2)14-7-10-19(12-21)15(17(13)14)5-6-16(19)22/h12-15,17,21,23H,3-11H2,1-2H3/t13-,14+,15+,17-,18-,19-,20+/m1/s1. The lowest BCUT2D eigenvalue weighted by Crippen LogP contribution is -2.63. The van der Waals surface area contributed by atoms with Crippen LogP contribution in [0.5, 0.6) is 0 Å². The maximum Gasteiger partial charge on any atom is 0.144 e. The molecule has 0 saturated heterocycles. The molecule has 2 N–H and O–H groups in total. The summed E-state index contributed by atoms with van der Waals surface area (Å²) in [4.78, 5) is 12.6. The van der Waals surface area contributed by atoms with Crippen molar-refractivity contribution in [3.63, 3.8) is 0 Å². The molecule has 128 valence electrons. The first kappa shape index (κ1) is 15.8. The summed E-state index contributed by atoms with van der Waals surface area (Å²) in [5, 5.41) is 19.5. The predicted molar refractivity (Wildman–Crippen MR) is 90.5 cm³/mol. The Labute approximate surface area is 139 Å². The van der Waals surface area contributed by atoms with Crippen molar-refractivity contribution in [3.05, 3.63) is 0 Å². The predicted octanol–water partition coefficient (Wildman–Crippen LogP) is 3.98. The third kappa shape index (κ3) is 1.80. The highest BCUT2D eigenvalue weighted by molar-refractivity contribution is 6.01.